The number of carbonyl (C=O) groups is 1. The van der Waals surface area contributed by atoms with E-state index in [-0.39, 0.29) is 18.0 Å². The number of methoxy groups -OCH3 is 2. The Morgan fingerprint density at radius 3 is 2.72 bits per heavy atom. The van der Waals surface area contributed by atoms with Crippen LogP contribution in [0.15, 0.2) is 72.6 Å². The summed E-state index contributed by atoms with van der Waals surface area (Å²) in [4.78, 5) is 18.1. The minimum Gasteiger partial charge on any atom is -0.497 e. The molecule has 0 saturated heterocycles. The van der Waals surface area contributed by atoms with E-state index in [0.717, 1.165) is 11.1 Å². The zero-order valence-electron chi connectivity index (χ0n) is 17.9. The summed E-state index contributed by atoms with van der Waals surface area (Å²) in [5.74, 6) is 0.760. The van der Waals surface area contributed by atoms with Crippen LogP contribution in [0.1, 0.15) is 6.42 Å². The summed E-state index contributed by atoms with van der Waals surface area (Å²) in [6.45, 7) is 0.918. The predicted octanol–water partition coefficient (Wildman–Crippen LogP) is 5.04. The molecule has 0 unspecified atom stereocenters. The molecule has 1 aromatic heterocycles. The summed E-state index contributed by atoms with van der Waals surface area (Å²) in [5.41, 5.74) is 2.09. The molecule has 2 aromatic carbocycles. The largest absolute Gasteiger partial charge is 0.497 e. The van der Waals surface area contributed by atoms with Crippen molar-refractivity contribution in [1.29, 1.82) is 0 Å². The number of ketones is 1. The van der Waals surface area contributed by atoms with Gasteiger partial charge in [-0.1, -0.05) is 6.08 Å². The molecule has 0 aliphatic heterocycles. The molecule has 1 aliphatic carbocycles. The highest BCUT2D eigenvalue weighted by atomic mass is 19.1. The quantitative estimate of drug-likeness (QED) is 0.495. The highest BCUT2D eigenvalue weighted by molar-refractivity contribution is 5.93. The van der Waals surface area contributed by atoms with Gasteiger partial charge in [-0.05, 0) is 42.5 Å². The highest BCUT2D eigenvalue weighted by Crippen LogP contribution is 2.34. The van der Waals surface area contributed by atoms with Crippen LogP contribution in [0.25, 0.3) is 10.9 Å². The topological polar surface area (TPSA) is 60.9 Å². The highest BCUT2D eigenvalue weighted by Gasteiger charge is 2.18. The number of benzene rings is 2. The van der Waals surface area contributed by atoms with E-state index in [0.29, 0.717) is 35.9 Å². The van der Waals surface area contributed by atoms with Crippen molar-refractivity contribution in [1.82, 2.24) is 4.98 Å². The molecule has 164 valence electrons. The number of anilines is 1. The second-order valence-corrected chi connectivity index (χ2v) is 7.21. The first-order chi connectivity index (χ1) is 15.6. The molecular formula is C25H23FN2O4. The number of hydrogen-bond acceptors (Lipinski definition) is 6. The van der Waals surface area contributed by atoms with Gasteiger partial charge in [-0.3, -0.25) is 9.78 Å². The van der Waals surface area contributed by atoms with Gasteiger partial charge in [0.05, 0.1) is 25.7 Å². The molecule has 4 rings (SSSR count). The number of aromatic nitrogens is 1. The number of rotatable bonds is 8. The number of ether oxygens (including phenoxy) is 3. The van der Waals surface area contributed by atoms with Crippen LogP contribution in [0.3, 0.4) is 0 Å². The lowest BCUT2D eigenvalue weighted by Gasteiger charge is -2.28. The zero-order chi connectivity index (χ0) is 22.5. The van der Waals surface area contributed by atoms with Crippen LogP contribution in [0.4, 0.5) is 10.1 Å². The number of nitrogens with zero attached hydrogens (tertiary/aromatic N) is 2. The van der Waals surface area contributed by atoms with E-state index in [1.807, 2.05) is 17.0 Å². The Morgan fingerprint density at radius 1 is 1.09 bits per heavy atom. The normalized spacial score (nSPS) is 13.2. The molecule has 1 heterocycles. The number of allylic oxidation sites excluding steroid dienone is 4. The Morgan fingerprint density at radius 2 is 1.97 bits per heavy atom. The zero-order valence-corrected chi connectivity index (χ0v) is 17.9. The SMILES string of the molecule is COCCN(C1=CC=CC(=O)C1)c1ccc(Oc2ccnc3cc(OC)ccc23)c(F)c1. The number of fused-ring (bicyclic) bond motifs is 1. The van der Waals surface area contributed by atoms with Crippen LogP contribution in [0, 0.1) is 5.82 Å². The molecule has 0 amide bonds. The maximum atomic E-state index is 15.1. The van der Waals surface area contributed by atoms with Crippen molar-refractivity contribution in [3.8, 4) is 17.2 Å². The molecule has 32 heavy (non-hydrogen) atoms. The molecule has 7 heteroatoms. The Kier molecular flexibility index (Phi) is 6.47. The van der Waals surface area contributed by atoms with E-state index >= 15 is 4.39 Å². The van der Waals surface area contributed by atoms with Gasteiger partial charge in [0.2, 0.25) is 0 Å². The second kappa shape index (κ2) is 9.62. The van der Waals surface area contributed by atoms with Crippen molar-refractivity contribution < 1.29 is 23.4 Å². The third kappa shape index (κ3) is 4.63. The van der Waals surface area contributed by atoms with E-state index in [4.69, 9.17) is 14.2 Å². The third-order valence-corrected chi connectivity index (χ3v) is 5.15. The van der Waals surface area contributed by atoms with Gasteiger partial charge < -0.3 is 19.1 Å². The van der Waals surface area contributed by atoms with Crippen molar-refractivity contribution in [3.05, 3.63) is 78.4 Å². The molecule has 0 N–H and O–H groups in total. The van der Waals surface area contributed by atoms with Gasteiger partial charge in [-0.2, -0.15) is 0 Å². The summed E-state index contributed by atoms with van der Waals surface area (Å²) in [5, 5.41) is 0.746. The average Bonchev–Trinajstić information content (AvgIpc) is 2.81. The van der Waals surface area contributed by atoms with Crippen molar-refractivity contribution in [2.75, 3.05) is 32.3 Å². The Balaban J connectivity index is 1.63. The Bertz CT molecular complexity index is 1210. The van der Waals surface area contributed by atoms with Crippen molar-refractivity contribution in [2.45, 2.75) is 6.42 Å². The summed E-state index contributed by atoms with van der Waals surface area (Å²) >= 11 is 0. The van der Waals surface area contributed by atoms with Crippen molar-refractivity contribution in [2.24, 2.45) is 0 Å². The smallest absolute Gasteiger partial charge is 0.167 e. The lowest BCUT2D eigenvalue weighted by Crippen LogP contribution is -2.28. The van der Waals surface area contributed by atoms with Gasteiger partial charge in [-0.15, -0.1) is 0 Å². The van der Waals surface area contributed by atoms with Gasteiger partial charge in [0.15, 0.2) is 17.3 Å². The molecule has 0 radical (unpaired) electrons. The van der Waals surface area contributed by atoms with Crippen LogP contribution < -0.4 is 14.4 Å². The van der Waals surface area contributed by atoms with Crippen LogP contribution >= 0.6 is 0 Å². The van der Waals surface area contributed by atoms with Gasteiger partial charge in [0.1, 0.15) is 11.5 Å². The summed E-state index contributed by atoms with van der Waals surface area (Å²) < 4.78 is 31.4. The van der Waals surface area contributed by atoms with Gasteiger partial charge in [0.25, 0.3) is 0 Å². The average molecular weight is 434 g/mol. The van der Waals surface area contributed by atoms with E-state index in [1.165, 1.54) is 12.1 Å². The van der Waals surface area contributed by atoms with E-state index in [9.17, 15) is 4.79 Å². The van der Waals surface area contributed by atoms with Crippen molar-refractivity contribution in [3.63, 3.8) is 0 Å². The van der Waals surface area contributed by atoms with E-state index < -0.39 is 5.82 Å². The van der Waals surface area contributed by atoms with Gasteiger partial charge >= 0.3 is 0 Å². The molecule has 6 nitrogen and oxygen atoms in total. The van der Waals surface area contributed by atoms with Crippen LogP contribution in [0.2, 0.25) is 0 Å². The Hall–Kier alpha value is -3.71. The maximum absolute atomic E-state index is 15.1. The first kappa shape index (κ1) is 21.5. The summed E-state index contributed by atoms with van der Waals surface area (Å²) in [6, 6.07) is 11.9. The summed E-state index contributed by atoms with van der Waals surface area (Å²) in [7, 11) is 3.19. The molecular weight excluding hydrogens is 411 g/mol. The standard InChI is InChI=1S/C25H23FN2O4/c1-30-13-12-28(17-4-3-5-19(29)14-17)18-6-9-25(22(26)15-18)32-24-10-11-27-23-16-20(31-2)7-8-21(23)24/h3-11,15-16H,12-14H2,1-2H3. The number of carbonyl (C=O) groups excluding carboxylic acids is 1. The number of hydrogen-bond donors (Lipinski definition) is 0. The fourth-order valence-corrected chi connectivity index (χ4v) is 3.55. The first-order valence-electron chi connectivity index (χ1n) is 10.2. The van der Waals surface area contributed by atoms with Crippen LogP contribution in [0.5, 0.6) is 17.2 Å². The lowest BCUT2D eigenvalue weighted by atomic mass is 10.1. The predicted molar refractivity (Wildman–Crippen MR) is 121 cm³/mol. The van der Waals surface area contributed by atoms with Crippen molar-refractivity contribution >= 4 is 22.4 Å². The third-order valence-electron chi connectivity index (χ3n) is 5.15. The monoisotopic (exact) mass is 434 g/mol. The van der Waals surface area contributed by atoms with Gasteiger partial charge in [0, 0.05) is 48.8 Å². The molecule has 3 aromatic rings. The second-order valence-electron chi connectivity index (χ2n) is 7.21. The van der Waals surface area contributed by atoms with E-state index in [1.54, 1.807) is 56.8 Å². The van der Waals surface area contributed by atoms with Crippen LogP contribution in [-0.2, 0) is 9.53 Å². The molecule has 0 atom stereocenters. The maximum Gasteiger partial charge on any atom is 0.167 e. The number of pyridine rings is 1. The Labute approximate surface area is 185 Å². The minimum atomic E-state index is -0.512. The molecule has 0 bridgehead atoms. The molecule has 0 fully saturated rings. The number of halogens is 1. The minimum absolute atomic E-state index is 0.00605. The summed E-state index contributed by atoms with van der Waals surface area (Å²) in [6.07, 6.45) is 6.96. The lowest BCUT2D eigenvalue weighted by molar-refractivity contribution is -0.114. The van der Waals surface area contributed by atoms with E-state index in [2.05, 4.69) is 4.98 Å². The first-order valence-corrected chi connectivity index (χ1v) is 10.2. The fraction of sp³-hybridized carbons (Fsp3) is 0.200. The fourth-order valence-electron chi connectivity index (χ4n) is 3.55. The van der Waals surface area contributed by atoms with Gasteiger partial charge in [-0.25, -0.2) is 4.39 Å². The molecule has 1 aliphatic rings. The van der Waals surface area contributed by atoms with Crippen LogP contribution in [-0.4, -0.2) is 38.1 Å². The molecule has 0 saturated carbocycles. The molecule has 0 spiro atoms.